The predicted octanol–water partition coefficient (Wildman–Crippen LogP) is 2.29. The summed E-state index contributed by atoms with van der Waals surface area (Å²) in [6.45, 7) is 7.05. The molecule has 1 aromatic carbocycles. The van der Waals surface area contributed by atoms with Crippen molar-refractivity contribution in [1.29, 1.82) is 0 Å². The van der Waals surface area contributed by atoms with E-state index in [4.69, 9.17) is 14.3 Å². The van der Waals surface area contributed by atoms with Crippen molar-refractivity contribution < 1.29 is 38.3 Å². The number of ether oxygens (including phenoxy) is 2. The Balaban J connectivity index is 1.25. The third-order valence-electron chi connectivity index (χ3n) is 9.36. The topological polar surface area (TPSA) is 165 Å². The lowest BCUT2D eigenvalue weighted by atomic mass is 9.93. The van der Waals surface area contributed by atoms with Gasteiger partial charge in [0.25, 0.3) is 11.8 Å². The van der Waals surface area contributed by atoms with Gasteiger partial charge in [0.05, 0.1) is 25.4 Å². The second-order valence-electron chi connectivity index (χ2n) is 12.7. The van der Waals surface area contributed by atoms with Gasteiger partial charge in [-0.15, -0.1) is 5.06 Å². The molecule has 0 spiro atoms. The number of piperazine rings is 1. The standard InChI is InChI=1S/C34H47N7O8/c1-4-23(3)30(33(45)38-17-19-39(20-18-38)49-34(46)47-5-2)36-31(43)26-21-29(41(37-26)25-13-7-6-8-14-25)48-22-28(42)40-16-10-15-27(40)32(44)35-24-11-9-12-24/h6-8,13-14,21,23-24,27,30H,4-5,9-12,15-20,22H2,1-3H3,(H,35,44)(H,36,43)/t23-,27-,30-/m0/s1. The van der Waals surface area contributed by atoms with E-state index in [0.717, 1.165) is 25.7 Å². The van der Waals surface area contributed by atoms with Crippen LogP contribution in [0.5, 0.6) is 5.88 Å². The number of para-hydroxylation sites is 1. The number of rotatable bonds is 13. The number of nitrogens with zero attached hydrogens (tertiary/aromatic N) is 5. The molecule has 3 aliphatic rings. The van der Waals surface area contributed by atoms with E-state index in [0.29, 0.717) is 51.3 Å². The summed E-state index contributed by atoms with van der Waals surface area (Å²) >= 11 is 0. The maximum Gasteiger partial charge on any atom is 0.527 e. The van der Waals surface area contributed by atoms with Gasteiger partial charge < -0.3 is 34.7 Å². The first kappa shape index (κ1) is 35.6. The molecule has 49 heavy (non-hydrogen) atoms. The molecular weight excluding hydrogens is 634 g/mol. The first-order valence-electron chi connectivity index (χ1n) is 17.3. The molecule has 3 fully saturated rings. The Morgan fingerprint density at radius 1 is 0.959 bits per heavy atom. The maximum absolute atomic E-state index is 13.7. The van der Waals surface area contributed by atoms with Crippen LogP contribution < -0.4 is 15.4 Å². The Labute approximate surface area is 286 Å². The maximum atomic E-state index is 13.7. The van der Waals surface area contributed by atoms with Crippen LogP contribution in [0.15, 0.2) is 36.4 Å². The fourth-order valence-electron chi connectivity index (χ4n) is 6.08. The SMILES string of the molecule is CCOC(=O)ON1CCN(C(=O)[C@@H](NC(=O)c2cc(OCC(=O)N3CCC[C@H]3C(=O)NC3CCC3)n(-c3ccccc3)n2)[C@@H](C)CC)CC1. The van der Waals surface area contributed by atoms with Crippen molar-refractivity contribution >= 4 is 29.8 Å². The van der Waals surface area contributed by atoms with Gasteiger partial charge in [0.15, 0.2) is 12.3 Å². The number of likely N-dealkylation sites (tertiary alicyclic amines) is 1. The van der Waals surface area contributed by atoms with Crippen LogP contribution in [0.4, 0.5) is 4.79 Å². The molecule has 2 aliphatic heterocycles. The van der Waals surface area contributed by atoms with Crippen molar-refractivity contribution in [3.8, 4) is 11.6 Å². The fraction of sp³-hybridized carbons (Fsp3) is 0.588. The average Bonchev–Trinajstić information content (AvgIpc) is 3.76. The smallest absolute Gasteiger partial charge is 0.467 e. The molecule has 15 heteroatoms. The Hall–Kier alpha value is -4.66. The second kappa shape index (κ2) is 16.6. The molecule has 3 heterocycles. The molecule has 1 saturated carbocycles. The highest BCUT2D eigenvalue weighted by Crippen LogP contribution is 2.24. The first-order valence-corrected chi connectivity index (χ1v) is 17.3. The summed E-state index contributed by atoms with van der Waals surface area (Å²) in [5, 5.41) is 11.9. The molecular formula is C34H47N7O8. The Bertz CT molecular complexity index is 1470. The van der Waals surface area contributed by atoms with Crippen LogP contribution in [0.1, 0.15) is 69.8 Å². The molecule has 5 rings (SSSR count). The van der Waals surface area contributed by atoms with E-state index in [-0.39, 0.29) is 54.5 Å². The Morgan fingerprint density at radius 3 is 2.35 bits per heavy atom. The van der Waals surface area contributed by atoms with E-state index in [1.807, 2.05) is 32.0 Å². The number of hydroxylamine groups is 2. The molecule has 1 aliphatic carbocycles. The first-order chi connectivity index (χ1) is 23.7. The highest BCUT2D eigenvalue weighted by Gasteiger charge is 2.37. The van der Waals surface area contributed by atoms with Crippen molar-refractivity contribution in [3.05, 3.63) is 42.1 Å². The molecule has 3 atom stereocenters. The molecule has 0 bridgehead atoms. The number of benzene rings is 1. The molecule has 0 unspecified atom stereocenters. The lowest BCUT2D eigenvalue weighted by molar-refractivity contribution is -0.158. The summed E-state index contributed by atoms with van der Waals surface area (Å²) in [4.78, 5) is 73.6. The van der Waals surface area contributed by atoms with Crippen LogP contribution in [0.3, 0.4) is 0 Å². The van der Waals surface area contributed by atoms with Gasteiger partial charge in [-0.1, -0.05) is 38.5 Å². The molecule has 1 aromatic heterocycles. The van der Waals surface area contributed by atoms with Crippen molar-refractivity contribution in [2.24, 2.45) is 5.92 Å². The number of carbonyl (C=O) groups is 5. The zero-order chi connectivity index (χ0) is 34.9. The van der Waals surface area contributed by atoms with Gasteiger partial charge >= 0.3 is 6.16 Å². The Kier molecular flexibility index (Phi) is 12.1. The molecule has 2 saturated heterocycles. The van der Waals surface area contributed by atoms with Crippen LogP contribution in [0.2, 0.25) is 0 Å². The number of hydrogen-bond donors (Lipinski definition) is 2. The minimum absolute atomic E-state index is 0.0130. The van der Waals surface area contributed by atoms with Crippen LogP contribution in [-0.4, -0.2) is 118 Å². The average molecular weight is 682 g/mol. The zero-order valence-corrected chi connectivity index (χ0v) is 28.5. The van der Waals surface area contributed by atoms with Gasteiger partial charge in [-0.25, -0.2) is 9.48 Å². The molecule has 2 aromatic rings. The van der Waals surface area contributed by atoms with E-state index >= 15 is 0 Å². The van der Waals surface area contributed by atoms with Gasteiger partial charge in [0.2, 0.25) is 17.7 Å². The third-order valence-corrected chi connectivity index (χ3v) is 9.36. The lowest BCUT2D eigenvalue weighted by Crippen LogP contribution is -2.56. The Morgan fingerprint density at radius 2 is 1.69 bits per heavy atom. The monoisotopic (exact) mass is 681 g/mol. The highest BCUT2D eigenvalue weighted by atomic mass is 16.8. The van der Waals surface area contributed by atoms with Gasteiger partial charge in [0, 0.05) is 31.7 Å². The summed E-state index contributed by atoms with van der Waals surface area (Å²) in [5.74, 6) is -1.28. The van der Waals surface area contributed by atoms with Crippen molar-refractivity contribution in [2.45, 2.75) is 77.4 Å². The minimum Gasteiger partial charge on any atom is -0.467 e. The van der Waals surface area contributed by atoms with Gasteiger partial charge in [-0.2, -0.15) is 5.10 Å². The van der Waals surface area contributed by atoms with E-state index in [1.54, 1.807) is 28.9 Å². The fourth-order valence-corrected chi connectivity index (χ4v) is 6.08. The number of aromatic nitrogens is 2. The van der Waals surface area contributed by atoms with E-state index in [2.05, 4.69) is 15.7 Å². The summed E-state index contributed by atoms with van der Waals surface area (Å²) in [6.07, 6.45) is 4.20. The molecule has 2 N–H and O–H groups in total. The van der Waals surface area contributed by atoms with Crippen LogP contribution in [0, 0.1) is 5.92 Å². The number of nitrogens with one attached hydrogen (secondary N) is 2. The minimum atomic E-state index is -0.832. The summed E-state index contributed by atoms with van der Waals surface area (Å²) in [7, 11) is 0. The van der Waals surface area contributed by atoms with E-state index < -0.39 is 24.1 Å². The molecule has 4 amide bonds. The van der Waals surface area contributed by atoms with Gasteiger partial charge in [0.1, 0.15) is 12.1 Å². The van der Waals surface area contributed by atoms with Crippen LogP contribution in [0.25, 0.3) is 5.69 Å². The van der Waals surface area contributed by atoms with E-state index in [1.165, 1.54) is 15.8 Å². The van der Waals surface area contributed by atoms with Crippen LogP contribution >= 0.6 is 0 Å². The largest absolute Gasteiger partial charge is 0.527 e. The van der Waals surface area contributed by atoms with Crippen molar-refractivity contribution in [1.82, 2.24) is 35.3 Å². The summed E-state index contributed by atoms with van der Waals surface area (Å²) < 4.78 is 12.2. The summed E-state index contributed by atoms with van der Waals surface area (Å²) in [5.41, 5.74) is 0.624. The predicted molar refractivity (Wildman–Crippen MR) is 177 cm³/mol. The van der Waals surface area contributed by atoms with Gasteiger partial charge in [-0.3, -0.25) is 19.2 Å². The quantitative estimate of drug-likeness (QED) is 0.300. The molecule has 15 nitrogen and oxygen atoms in total. The normalized spacial score (nSPS) is 19.4. The van der Waals surface area contributed by atoms with Crippen molar-refractivity contribution in [2.75, 3.05) is 45.9 Å². The third kappa shape index (κ3) is 8.88. The highest BCUT2D eigenvalue weighted by molar-refractivity contribution is 5.96. The summed E-state index contributed by atoms with van der Waals surface area (Å²) in [6, 6.07) is 9.34. The number of amides is 4. The zero-order valence-electron chi connectivity index (χ0n) is 28.5. The second-order valence-corrected chi connectivity index (χ2v) is 12.7. The number of hydrogen-bond acceptors (Lipinski definition) is 10. The molecule has 266 valence electrons. The lowest BCUT2D eigenvalue weighted by Gasteiger charge is -2.36. The van der Waals surface area contributed by atoms with Gasteiger partial charge in [-0.05, 0) is 57.1 Å². The molecule has 0 radical (unpaired) electrons. The van der Waals surface area contributed by atoms with E-state index in [9.17, 15) is 24.0 Å². The van der Waals surface area contributed by atoms with Crippen molar-refractivity contribution in [3.63, 3.8) is 0 Å². The van der Waals surface area contributed by atoms with Crippen LogP contribution in [-0.2, 0) is 24.0 Å². The number of carbonyl (C=O) groups excluding carboxylic acids is 5.